The lowest BCUT2D eigenvalue weighted by Crippen LogP contribution is -2.31. The van der Waals surface area contributed by atoms with E-state index in [1.54, 1.807) is 12.5 Å². The second-order valence-electron chi connectivity index (χ2n) is 4.01. The lowest BCUT2D eigenvalue weighted by atomic mass is 9.99. The van der Waals surface area contributed by atoms with Gasteiger partial charge in [0.05, 0.1) is 5.69 Å². The SMILES string of the molecule is CCNC(C)C(C)c1nccn2cnnc12. The standard InChI is InChI=1S/C11H17N5/c1-4-12-9(3)8(2)10-11-15-14-7-16(11)6-5-13-10/h5-9,12H,4H2,1-3H3. The molecular formula is C11H17N5. The fraction of sp³-hybridized carbons (Fsp3) is 0.545. The Morgan fingerprint density at radius 1 is 1.44 bits per heavy atom. The molecular weight excluding hydrogens is 202 g/mol. The van der Waals surface area contributed by atoms with Gasteiger partial charge in [0.15, 0.2) is 5.65 Å². The smallest absolute Gasteiger partial charge is 0.182 e. The van der Waals surface area contributed by atoms with Crippen molar-refractivity contribution in [3.05, 3.63) is 24.4 Å². The van der Waals surface area contributed by atoms with E-state index in [0.717, 1.165) is 17.9 Å². The number of hydrogen-bond donors (Lipinski definition) is 1. The highest BCUT2D eigenvalue weighted by atomic mass is 15.2. The van der Waals surface area contributed by atoms with E-state index in [-0.39, 0.29) is 0 Å². The van der Waals surface area contributed by atoms with Crippen LogP contribution >= 0.6 is 0 Å². The van der Waals surface area contributed by atoms with Crippen LogP contribution in [0.4, 0.5) is 0 Å². The van der Waals surface area contributed by atoms with Crippen LogP contribution in [0.2, 0.25) is 0 Å². The molecule has 0 saturated carbocycles. The van der Waals surface area contributed by atoms with E-state index >= 15 is 0 Å². The van der Waals surface area contributed by atoms with Crippen LogP contribution in [-0.2, 0) is 0 Å². The lowest BCUT2D eigenvalue weighted by Gasteiger charge is -2.20. The Morgan fingerprint density at radius 3 is 3.00 bits per heavy atom. The summed E-state index contributed by atoms with van der Waals surface area (Å²) in [5, 5.41) is 11.4. The molecule has 0 aliphatic heterocycles. The summed E-state index contributed by atoms with van der Waals surface area (Å²) in [6, 6.07) is 0.375. The summed E-state index contributed by atoms with van der Waals surface area (Å²) in [4.78, 5) is 4.42. The Kier molecular flexibility index (Phi) is 3.14. The van der Waals surface area contributed by atoms with Gasteiger partial charge in [-0.2, -0.15) is 0 Å². The molecule has 0 amide bonds. The number of nitrogens with zero attached hydrogens (tertiary/aromatic N) is 4. The fourth-order valence-electron chi connectivity index (χ4n) is 1.84. The molecule has 2 unspecified atom stereocenters. The van der Waals surface area contributed by atoms with Gasteiger partial charge in [0.1, 0.15) is 6.33 Å². The van der Waals surface area contributed by atoms with Gasteiger partial charge < -0.3 is 5.32 Å². The van der Waals surface area contributed by atoms with Crippen LogP contribution in [0.3, 0.4) is 0 Å². The van der Waals surface area contributed by atoms with Crippen molar-refractivity contribution in [3.63, 3.8) is 0 Å². The van der Waals surface area contributed by atoms with Gasteiger partial charge >= 0.3 is 0 Å². The first-order valence-corrected chi connectivity index (χ1v) is 5.61. The van der Waals surface area contributed by atoms with Crippen LogP contribution in [0.25, 0.3) is 5.65 Å². The third kappa shape index (κ3) is 1.90. The monoisotopic (exact) mass is 219 g/mol. The minimum absolute atomic E-state index is 0.313. The number of likely N-dealkylation sites (N-methyl/N-ethyl adjacent to an activating group) is 1. The number of fused-ring (bicyclic) bond motifs is 1. The topological polar surface area (TPSA) is 55.1 Å². The molecule has 16 heavy (non-hydrogen) atoms. The minimum atomic E-state index is 0.313. The molecule has 0 radical (unpaired) electrons. The van der Waals surface area contributed by atoms with Crippen LogP contribution in [0, 0.1) is 0 Å². The van der Waals surface area contributed by atoms with Gasteiger partial charge in [0.2, 0.25) is 0 Å². The van der Waals surface area contributed by atoms with Crippen molar-refractivity contribution >= 4 is 5.65 Å². The van der Waals surface area contributed by atoms with Crippen LogP contribution in [0.5, 0.6) is 0 Å². The molecule has 0 aromatic carbocycles. The summed E-state index contributed by atoms with van der Waals surface area (Å²) in [6.45, 7) is 7.38. The molecule has 5 heteroatoms. The third-order valence-electron chi connectivity index (χ3n) is 2.95. The van der Waals surface area contributed by atoms with Gasteiger partial charge in [-0.1, -0.05) is 13.8 Å². The van der Waals surface area contributed by atoms with Crippen molar-refractivity contribution in [1.29, 1.82) is 0 Å². The van der Waals surface area contributed by atoms with Gasteiger partial charge in [-0.3, -0.25) is 9.38 Å². The minimum Gasteiger partial charge on any atom is -0.314 e. The van der Waals surface area contributed by atoms with Crippen molar-refractivity contribution in [1.82, 2.24) is 24.9 Å². The van der Waals surface area contributed by atoms with Crippen LogP contribution in [-0.4, -0.2) is 32.2 Å². The van der Waals surface area contributed by atoms with Crippen molar-refractivity contribution in [2.24, 2.45) is 0 Å². The highest BCUT2D eigenvalue weighted by Gasteiger charge is 2.18. The summed E-state index contributed by atoms with van der Waals surface area (Å²) in [5.41, 5.74) is 1.84. The van der Waals surface area contributed by atoms with Crippen molar-refractivity contribution in [2.45, 2.75) is 32.7 Å². The Balaban J connectivity index is 2.35. The quantitative estimate of drug-likeness (QED) is 0.840. The van der Waals surface area contributed by atoms with Gasteiger partial charge in [0, 0.05) is 24.4 Å². The highest BCUT2D eigenvalue weighted by molar-refractivity contribution is 5.44. The first kappa shape index (κ1) is 11.0. The molecule has 0 fully saturated rings. The van der Waals surface area contributed by atoms with E-state index in [4.69, 9.17) is 0 Å². The first-order valence-electron chi connectivity index (χ1n) is 5.61. The average molecular weight is 219 g/mol. The van der Waals surface area contributed by atoms with Gasteiger partial charge in [0.25, 0.3) is 0 Å². The largest absolute Gasteiger partial charge is 0.314 e. The van der Waals surface area contributed by atoms with E-state index in [2.05, 4.69) is 41.3 Å². The van der Waals surface area contributed by atoms with Crippen LogP contribution < -0.4 is 5.32 Å². The van der Waals surface area contributed by atoms with Crippen LogP contribution in [0.1, 0.15) is 32.4 Å². The molecule has 2 atom stereocenters. The van der Waals surface area contributed by atoms with E-state index in [1.165, 1.54) is 0 Å². The molecule has 2 aromatic rings. The molecule has 2 rings (SSSR count). The maximum atomic E-state index is 4.42. The second kappa shape index (κ2) is 4.57. The molecule has 2 aromatic heterocycles. The Bertz CT molecular complexity index is 464. The molecule has 0 spiro atoms. The number of aromatic nitrogens is 4. The predicted molar refractivity (Wildman–Crippen MR) is 62.3 cm³/mol. The van der Waals surface area contributed by atoms with Gasteiger partial charge in [-0.05, 0) is 13.5 Å². The Morgan fingerprint density at radius 2 is 2.25 bits per heavy atom. The van der Waals surface area contributed by atoms with E-state index < -0.39 is 0 Å². The molecule has 1 N–H and O–H groups in total. The zero-order valence-electron chi connectivity index (χ0n) is 9.88. The summed E-state index contributed by atoms with van der Waals surface area (Å²) in [5.74, 6) is 0.313. The summed E-state index contributed by atoms with van der Waals surface area (Å²) in [7, 11) is 0. The van der Waals surface area contributed by atoms with E-state index in [1.807, 2.05) is 10.6 Å². The van der Waals surface area contributed by atoms with Gasteiger partial charge in [-0.15, -0.1) is 10.2 Å². The Hall–Kier alpha value is -1.49. The average Bonchev–Trinajstić information content (AvgIpc) is 2.76. The van der Waals surface area contributed by atoms with Crippen LogP contribution in [0.15, 0.2) is 18.7 Å². The highest BCUT2D eigenvalue weighted by Crippen LogP contribution is 2.19. The molecule has 2 heterocycles. The maximum absolute atomic E-state index is 4.42. The normalized spacial score (nSPS) is 15.2. The lowest BCUT2D eigenvalue weighted by molar-refractivity contribution is 0.488. The molecule has 0 aliphatic rings. The molecule has 0 aliphatic carbocycles. The number of rotatable bonds is 4. The molecule has 0 bridgehead atoms. The molecule has 5 nitrogen and oxygen atoms in total. The molecule has 0 saturated heterocycles. The number of nitrogens with one attached hydrogen (secondary N) is 1. The van der Waals surface area contributed by atoms with E-state index in [0.29, 0.717) is 12.0 Å². The number of hydrogen-bond acceptors (Lipinski definition) is 4. The summed E-state index contributed by atoms with van der Waals surface area (Å²) >= 11 is 0. The summed E-state index contributed by atoms with van der Waals surface area (Å²) < 4.78 is 1.90. The zero-order chi connectivity index (χ0) is 11.5. The Labute approximate surface area is 94.9 Å². The predicted octanol–water partition coefficient (Wildman–Crippen LogP) is 1.23. The van der Waals surface area contributed by atoms with Crippen molar-refractivity contribution < 1.29 is 0 Å². The second-order valence-corrected chi connectivity index (χ2v) is 4.01. The third-order valence-corrected chi connectivity index (χ3v) is 2.95. The fourth-order valence-corrected chi connectivity index (χ4v) is 1.84. The summed E-state index contributed by atoms with van der Waals surface area (Å²) in [6.07, 6.45) is 5.36. The van der Waals surface area contributed by atoms with Gasteiger partial charge in [-0.25, -0.2) is 0 Å². The van der Waals surface area contributed by atoms with E-state index in [9.17, 15) is 0 Å². The first-order chi connectivity index (χ1) is 7.74. The van der Waals surface area contributed by atoms with Crippen molar-refractivity contribution in [2.75, 3.05) is 6.54 Å². The zero-order valence-corrected chi connectivity index (χ0v) is 9.88. The maximum Gasteiger partial charge on any atom is 0.182 e. The molecule has 86 valence electrons. The van der Waals surface area contributed by atoms with Crippen molar-refractivity contribution in [3.8, 4) is 0 Å².